The number of likely N-dealkylation sites (N-methyl/N-ethyl adjacent to an activating group) is 1. The standard InChI is InChI=1S/C24H29F2N7O5.CH4/c1-24(2,28)22(35)29-18(13-37-11-14-7-8-15(25)9-17(14)26)21-31-30-20-6-4-5-16(33(20)21)12-38-23(36)32(3)10-19(27)34;/h4-9,18H,10-13,28H2,1-3H3,(H2,27,34)(H,29,35);1H4/t18-;/m1./s1. The number of hydrogen-bond acceptors (Lipinski definition) is 8. The number of aromatic nitrogens is 3. The van der Waals surface area contributed by atoms with Crippen LogP contribution in [0.15, 0.2) is 36.4 Å². The van der Waals surface area contributed by atoms with Crippen molar-refractivity contribution < 1.29 is 32.6 Å². The van der Waals surface area contributed by atoms with E-state index in [1.54, 1.807) is 22.6 Å². The van der Waals surface area contributed by atoms with Crippen molar-refractivity contribution in [2.24, 2.45) is 11.5 Å². The molecule has 0 unspecified atom stereocenters. The lowest BCUT2D eigenvalue weighted by Gasteiger charge is -2.24. The number of nitrogens with zero attached hydrogens (tertiary/aromatic N) is 4. The molecule has 0 saturated heterocycles. The molecule has 0 radical (unpaired) electrons. The van der Waals surface area contributed by atoms with Crippen LogP contribution in [-0.2, 0) is 32.3 Å². The van der Waals surface area contributed by atoms with Gasteiger partial charge in [-0.15, -0.1) is 10.2 Å². The number of amides is 3. The van der Waals surface area contributed by atoms with E-state index in [0.717, 1.165) is 17.0 Å². The maximum atomic E-state index is 14.0. The average Bonchev–Trinajstić information content (AvgIpc) is 3.26. The molecular weight excluding hydrogens is 516 g/mol. The predicted molar refractivity (Wildman–Crippen MR) is 137 cm³/mol. The zero-order valence-electron chi connectivity index (χ0n) is 21.1. The van der Waals surface area contributed by atoms with Gasteiger partial charge in [0.15, 0.2) is 11.5 Å². The molecule has 0 bridgehead atoms. The Kier molecular flexibility index (Phi) is 10.4. The van der Waals surface area contributed by atoms with Crippen molar-refractivity contribution in [1.82, 2.24) is 24.8 Å². The number of nitrogens with two attached hydrogens (primary N) is 2. The van der Waals surface area contributed by atoms with E-state index in [4.69, 9.17) is 20.9 Å². The van der Waals surface area contributed by atoms with Crippen LogP contribution in [0.25, 0.3) is 5.65 Å². The fourth-order valence-electron chi connectivity index (χ4n) is 3.36. The first-order valence-electron chi connectivity index (χ1n) is 11.5. The zero-order valence-corrected chi connectivity index (χ0v) is 21.1. The molecule has 3 rings (SSSR count). The number of nitrogens with one attached hydrogen (secondary N) is 1. The summed E-state index contributed by atoms with van der Waals surface area (Å²) in [7, 11) is 1.36. The largest absolute Gasteiger partial charge is 0.443 e. The van der Waals surface area contributed by atoms with Crippen molar-refractivity contribution in [3.05, 3.63) is 65.1 Å². The zero-order chi connectivity index (χ0) is 28.0. The van der Waals surface area contributed by atoms with Crippen LogP contribution in [0.1, 0.15) is 44.4 Å². The van der Waals surface area contributed by atoms with Crippen LogP contribution in [0.2, 0.25) is 0 Å². The van der Waals surface area contributed by atoms with Crippen molar-refractivity contribution in [1.29, 1.82) is 0 Å². The average molecular weight is 550 g/mol. The summed E-state index contributed by atoms with van der Waals surface area (Å²) in [6, 6.07) is 7.19. The number of fused-ring (bicyclic) bond motifs is 1. The van der Waals surface area contributed by atoms with Crippen molar-refractivity contribution in [2.75, 3.05) is 20.2 Å². The SMILES string of the molecule is C.CN(CC(N)=O)C(=O)OCc1cccc2nnc([C@@H](COCc3ccc(F)cc3F)NC(=O)C(C)(C)N)n12. The highest BCUT2D eigenvalue weighted by atomic mass is 19.1. The summed E-state index contributed by atoms with van der Waals surface area (Å²) in [5.41, 5.74) is 10.8. The Balaban J connectivity index is 0.00000533. The molecule has 212 valence electrons. The minimum absolute atomic E-state index is 0. The van der Waals surface area contributed by atoms with Gasteiger partial charge in [-0.25, -0.2) is 13.6 Å². The molecule has 3 aromatic rings. The molecule has 2 heterocycles. The van der Waals surface area contributed by atoms with E-state index in [9.17, 15) is 23.2 Å². The van der Waals surface area contributed by atoms with Crippen LogP contribution in [0, 0.1) is 11.6 Å². The first kappa shape index (κ1) is 31.1. The van der Waals surface area contributed by atoms with Crippen molar-refractivity contribution in [3.63, 3.8) is 0 Å². The van der Waals surface area contributed by atoms with Gasteiger partial charge in [-0.1, -0.05) is 19.6 Å². The number of rotatable bonds is 11. The summed E-state index contributed by atoms with van der Waals surface area (Å²) in [4.78, 5) is 37.1. The minimum atomic E-state index is -1.24. The fraction of sp³-hybridized carbons (Fsp3) is 0.400. The third-order valence-corrected chi connectivity index (χ3v) is 5.34. The normalized spacial score (nSPS) is 11.9. The summed E-state index contributed by atoms with van der Waals surface area (Å²) in [6.07, 6.45) is -0.783. The first-order valence-corrected chi connectivity index (χ1v) is 11.5. The van der Waals surface area contributed by atoms with Gasteiger partial charge in [-0.05, 0) is 32.0 Å². The van der Waals surface area contributed by atoms with Crippen molar-refractivity contribution in [3.8, 4) is 0 Å². The highest BCUT2D eigenvalue weighted by Crippen LogP contribution is 2.19. The molecule has 12 nitrogen and oxygen atoms in total. The Morgan fingerprint density at radius 2 is 1.87 bits per heavy atom. The van der Waals surface area contributed by atoms with E-state index in [1.807, 2.05) is 0 Å². The number of carbonyl (C=O) groups excluding carboxylic acids is 3. The van der Waals surface area contributed by atoms with E-state index in [1.165, 1.54) is 27.0 Å². The highest BCUT2D eigenvalue weighted by Gasteiger charge is 2.29. The lowest BCUT2D eigenvalue weighted by atomic mass is 10.1. The topological polar surface area (TPSA) is 167 Å². The number of halogens is 2. The van der Waals surface area contributed by atoms with E-state index < -0.39 is 41.1 Å². The minimum Gasteiger partial charge on any atom is -0.443 e. The first-order chi connectivity index (χ1) is 17.9. The van der Waals surface area contributed by atoms with Crippen molar-refractivity contribution in [2.45, 2.75) is 46.1 Å². The number of carbonyl (C=O) groups is 3. The smallest absolute Gasteiger partial charge is 0.410 e. The maximum Gasteiger partial charge on any atom is 0.410 e. The van der Waals surface area contributed by atoms with Crippen LogP contribution in [0.4, 0.5) is 13.6 Å². The van der Waals surface area contributed by atoms with Gasteiger partial charge in [0.25, 0.3) is 0 Å². The van der Waals surface area contributed by atoms with Crippen LogP contribution in [-0.4, -0.2) is 63.1 Å². The van der Waals surface area contributed by atoms with Gasteiger partial charge in [0, 0.05) is 18.7 Å². The number of hydrogen-bond donors (Lipinski definition) is 3. The predicted octanol–water partition coefficient (Wildman–Crippen LogP) is 1.81. The van der Waals surface area contributed by atoms with Gasteiger partial charge in [-0.2, -0.15) is 0 Å². The lowest BCUT2D eigenvalue weighted by molar-refractivity contribution is -0.126. The molecule has 0 fully saturated rings. The van der Waals surface area contributed by atoms with Crippen LogP contribution in [0.5, 0.6) is 0 Å². The molecule has 0 aliphatic carbocycles. The third kappa shape index (κ3) is 8.15. The quantitative estimate of drug-likeness (QED) is 0.325. The monoisotopic (exact) mass is 549 g/mol. The van der Waals surface area contributed by atoms with Crippen LogP contribution >= 0.6 is 0 Å². The Morgan fingerprint density at radius 3 is 2.51 bits per heavy atom. The van der Waals surface area contributed by atoms with Crippen LogP contribution < -0.4 is 16.8 Å². The molecule has 0 aliphatic heterocycles. The van der Waals surface area contributed by atoms with Gasteiger partial charge in [0.1, 0.15) is 30.8 Å². The third-order valence-electron chi connectivity index (χ3n) is 5.34. The second-order valence-electron chi connectivity index (χ2n) is 9.14. The molecule has 2 aromatic heterocycles. The summed E-state index contributed by atoms with van der Waals surface area (Å²) >= 11 is 0. The second-order valence-corrected chi connectivity index (χ2v) is 9.14. The Bertz CT molecular complexity index is 1330. The summed E-state index contributed by atoms with van der Waals surface area (Å²) in [5.74, 6) is -2.48. The molecule has 1 atom stereocenters. The summed E-state index contributed by atoms with van der Waals surface area (Å²) in [6.45, 7) is 2.10. The van der Waals surface area contributed by atoms with Crippen molar-refractivity contribution >= 4 is 23.6 Å². The molecule has 0 aliphatic rings. The molecule has 1 aromatic carbocycles. The van der Waals surface area contributed by atoms with Crippen LogP contribution in [0.3, 0.4) is 0 Å². The van der Waals surface area contributed by atoms with E-state index in [0.29, 0.717) is 11.3 Å². The lowest BCUT2D eigenvalue weighted by Crippen LogP contribution is -2.51. The molecule has 3 amide bonds. The number of benzene rings is 1. The Labute approximate surface area is 224 Å². The molecule has 0 spiro atoms. The van der Waals surface area contributed by atoms with E-state index >= 15 is 0 Å². The molecular formula is C25H33F2N7O5. The number of primary amides is 1. The molecule has 14 heteroatoms. The van der Waals surface area contributed by atoms with Gasteiger partial charge < -0.3 is 31.2 Å². The van der Waals surface area contributed by atoms with E-state index in [2.05, 4.69) is 15.5 Å². The summed E-state index contributed by atoms with van der Waals surface area (Å²) in [5, 5.41) is 11.1. The molecule has 39 heavy (non-hydrogen) atoms. The number of ether oxygens (including phenoxy) is 2. The maximum absolute atomic E-state index is 14.0. The van der Waals surface area contributed by atoms with Gasteiger partial charge in [-0.3, -0.25) is 14.0 Å². The second kappa shape index (κ2) is 13.1. The summed E-state index contributed by atoms with van der Waals surface area (Å²) < 4.78 is 39.8. The van der Waals surface area contributed by atoms with Gasteiger partial charge in [0.2, 0.25) is 11.8 Å². The van der Waals surface area contributed by atoms with Gasteiger partial charge >= 0.3 is 6.09 Å². The molecule has 0 saturated carbocycles. The highest BCUT2D eigenvalue weighted by molar-refractivity contribution is 5.85. The van der Waals surface area contributed by atoms with Gasteiger partial charge in [0.05, 0.1) is 24.4 Å². The molecule has 5 N–H and O–H groups in total. The Morgan fingerprint density at radius 1 is 1.15 bits per heavy atom. The number of pyridine rings is 1. The van der Waals surface area contributed by atoms with E-state index in [-0.39, 0.29) is 45.2 Å². The Hall–Kier alpha value is -4.17. The fourth-order valence-corrected chi connectivity index (χ4v) is 3.36.